The van der Waals surface area contributed by atoms with Crippen LogP contribution in [0.4, 0.5) is 0 Å². The summed E-state index contributed by atoms with van der Waals surface area (Å²) in [7, 11) is 0. The van der Waals surface area contributed by atoms with Crippen LogP contribution in [-0.4, -0.2) is 41.6 Å². The van der Waals surface area contributed by atoms with E-state index < -0.39 is 11.8 Å². The van der Waals surface area contributed by atoms with E-state index in [0.717, 1.165) is 25.7 Å². The normalized spacial score (nSPS) is 30.3. The van der Waals surface area contributed by atoms with Gasteiger partial charge in [0.2, 0.25) is 0 Å². The van der Waals surface area contributed by atoms with Crippen molar-refractivity contribution < 1.29 is 14.3 Å². The van der Waals surface area contributed by atoms with E-state index in [-0.39, 0.29) is 18.5 Å². The summed E-state index contributed by atoms with van der Waals surface area (Å²) in [4.78, 5) is 16.1. The second-order valence-electron chi connectivity index (χ2n) is 6.68. The molecule has 1 saturated heterocycles. The van der Waals surface area contributed by atoms with E-state index in [0.29, 0.717) is 24.4 Å². The van der Waals surface area contributed by atoms with Crippen molar-refractivity contribution in [2.45, 2.75) is 50.4 Å². The highest BCUT2D eigenvalue weighted by Gasteiger charge is 2.45. The first kappa shape index (κ1) is 18.1. The van der Waals surface area contributed by atoms with Crippen LogP contribution in [0.1, 0.15) is 38.5 Å². The number of hydrogen-bond donors (Lipinski definition) is 1. The number of rotatable bonds is 5. The topological polar surface area (TPSA) is 113 Å². The number of carbonyl (C=O) groups excluding carboxylic acids is 1. The smallest absolute Gasteiger partial charge is 0.309 e. The van der Waals surface area contributed by atoms with Gasteiger partial charge in [0.1, 0.15) is 24.7 Å². The first-order valence-electron chi connectivity index (χ1n) is 8.82. The van der Waals surface area contributed by atoms with Crippen molar-refractivity contribution in [1.82, 2.24) is 5.01 Å². The second-order valence-corrected chi connectivity index (χ2v) is 6.68. The Morgan fingerprint density at radius 3 is 3.00 bits per heavy atom. The summed E-state index contributed by atoms with van der Waals surface area (Å²) < 4.78 is 11.4. The van der Waals surface area contributed by atoms with Crippen LogP contribution in [0.3, 0.4) is 0 Å². The molecule has 2 N–H and O–H groups in total. The average Bonchev–Trinajstić information content (AvgIpc) is 3.32. The molecule has 26 heavy (non-hydrogen) atoms. The number of allylic oxidation sites excluding steroid dienone is 2. The van der Waals surface area contributed by atoms with E-state index in [9.17, 15) is 10.1 Å². The molecule has 138 valence electrons. The van der Waals surface area contributed by atoms with Gasteiger partial charge in [0.25, 0.3) is 0 Å². The van der Waals surface area contributed by atoms with Crippen LogP contribution in [0.15, 0.2) is 34.5 Å². The van der Waals surface area contributed by atoms with Crippen LogP contribution < -0.4 is 5.73 Å². The highest BCUT2D eigenvalue weighted by atomic mass is 16.6. The van der Waals surface area contributed by atoms with Gasteiger partial charge in [-0.3, -0.25) is 4.79 Å². The van der Waals surface area contributed by atoms with Gasteiger partial charge in [-0.1, -0.05) is 25.5 Å². The van der Waals surface area contributed by atoms with Crippen LogP contribution in [0.5, 0.6) is 0 Å². The molecule has 2 atom stereocenters. The molecule has 2 aliphatic heterocycles. The van der Waals surface area contributed by atoms with Crippen molar-refractivity contribution in [3.63, 3.8) is 0 Å². The van der Waals surface area contributed by atoms with Crippen LogP contribution in [0.2, 0.25) is 0 Å². The van der Waals surface area contributed by atoms with Crippen molar-refractivity contribution in [3.8, 4) is 6.07 Å². The summed E-state index contributed by atoms with van der Waals surface area (Å²) in [6, 6.07) is 2.17. The summed E-state index contributed by atoms with van der Waals surface area (Å²) in [5.41, 5.74) is 5.29. The molecule has 8 nitrogen and oxygen atoms in total. The fourth-order valence-corrected chi connectivity index (χ4v) is 3.49. The maximum absolute atomic E-state index is 12.2. The Bertz CT molecular complexity index is 702. The fraction of sp³-hybridized carbons (Fsp3) is 0.556. The molecule has 2 fully saturated rings. The molecule has 0 aromatic rings. The van der Waals surface area contributed by atoms with Gasteiger partial charge in [-0.05, 0) is 31.8 Å². The highest BCUT2D eigenvalue weighted by Crippen LogP contribution is 2.35. The molecule has 2 heterocycles. The van der Waals surface area contributed by atoms with E-state index in [1.165, 1.54) is 6.34 Å². The third-order valence-electron chi connectivity index (χ3n) is 4.93. The van der Waals surface area contributed by atoms with Crippen molar-refractivity contribution in [1.29, 1.82) is 5.26 Å². The zero-order valence-electron chi connectivity index (χ0n) is 14.6. The summed E-state index contributed by atoms with van der Waals surface area (Å²) in [6.45, 7) is 3.59. The lowest BCUT2D eigenvalue weighted by atomic mass is 10.0. The lowest BCUT2D eigenvalue weighted by Crippen LogP contribution is -2.41. The number of nitrogens with zero attached hydrogens (tertiary/aromatic N) is 4. The summed E-state index contributed by atoms with van der Waals surface area (Å²) in [5.74, 6) is 0.0159. The van der Waals surface area contributed by atoms with E-state index in [4.69, 9.17) is 15.2 Å². The van der Waals surface area contributed by atoms with Crippen LogP contribution >= 0.6 is 0 Å². The van der Waals surface area contributed by atoms with Crippen molar-refractivity contribution in [3.05, 3.63) is 24.4 Å². The largest absolute Gasteiger partial charge is 0.461 e. The first-order chi connectivity index (χ1) is 12.6. The Labute approximate surface area is 152 Å². The maximum Gasteiger partial charge on any atom is 0.309 e. The zero-order chi connectivity index (χ0) is 18.6. The van der Waals surface area contributed by atoms with Crippen molar-refractivity contribution in [2.24, 2.45) is 21.7 Å². The number of nitrogens with two attached hydrogens (primary N) is 1. The van der Waals surface area contributed by atoms with E-state index in [1.54, 1.807) is 17.2 Å². The zero-order valence-corrected chi connectivity index (χ0v) is 14.6. The number of amidine groups is 1. The summed E-state index contributed by atoms with van der Waals surface area (Å²) in [5, 5.41) is 15.4. The molecule has 3 rings (SSSR count). The third-order valence-corrected chi connectivity index (χ3v) is 4.93. The third kappa shape index (κ3) is 3.63. The Balaban J connectivity index is 1.65. The molecule has 1 aliphatic carbocycles. The first-order valence-corrected chi connectivity index (χ1v) is 8.82. The summed E-state index contributed by atoms with van der Waals surface area (Å²) >= 11 is 0. The van der Waals surface area contributed by atoms with Crippen LogP contribution in [0, 0.1) is 17.2 Å². The molecule has 3 aliphatic rings. The molecular weight excluding hydrogens is 334 g/mol. The Morgan fingerprint density at radius 2 is 2.31 bits per heavy atom. The highest BCUT2D eigenvalue weighted by molar-refractivity contribution is 6.01. The van der Waals surface area contributed by atoms with Gasteiger partial charge in [0.05, 0.1) is 5.92 Å². The minimum atomic E-state index is -1.17. The standard InChI is InChI=1S/C18H23N5O3/c1-2-5-14-16(20)21-12-22-23(14)15-8-9-18(10-19,26-15)11-25-17(24)13-6-3-4-7-13/h2,5,12-13,15H,1,3-4,6-9,11H2,(H2,20,21,22)/b14-5-/t15-,18-/m1/s1. The number of aliphatic imine (C=N–C) groups is 1. The number of hydrogen-bond acceptors (Lipinski definition) is 8. The molecule has 0 unspecified atom stereocenters. The predicted octanol–water partition coefficient (Wildman–Crippen LogP) is 1.80. The van der Waals surface area contributed by atoms with Gasteiger partial charge >= 0.3 is 5.97 Å². The monoisotopic (exact) mass is 357 g/mol. The summed E-state index contributed by atoms with van der Waals surface area (Å²) in [6.07, 6.45) is 8.93. The molecule has 0 aromatic heterocycles. The van der Waals surface area contributed by atoms with Crippen LogP contribution in [0.25, 0.3) is 0 Å². The number of hydrazone groups is 1. The Kier molecular flexibility index (Phi) is 5.38. The van der Waals surface area contributed by atoms with Gasteiger partial charge in [-0.15, -0.1) is 0 Å². The predicted molar refractivity (Wildman–Crippen MR) is 95.6 cm³/mol. The second kappa shape index (κ2) is 7.70. The van der Waals surface area contributed by atoms with Gasteiger partial charge in [0, 0.05) is 0 Å². The molecular formula is C18H23N5O3. The van der Waals surface area contributed by atoms with E-state index >= 15 is 0 Å². The fourth-order valence-electron chi connectivity index (χ4n) is 3.49. The van der Waals surface area contributed by atoms with Crippen LogP contribution in [-0.2, 0) is 14.3 Å². The quantitative estimate of drug-likeness (QED) is 0.751. The van der Waals surface area contributed by atoms with E-state index in [2.05, 4.69) is 22.7 Å². The van der Waals surface area contributed by atoms with Crippen molar-refractivity contribution in [2.75, 3.05) is 6.61 Å². The number of esters is 1. The molecule has 0 amide bonds. The minimum absolute atomic E-state index is 0.0484. The Hall–Kier alpha value is -2.66. The average molecular weight is 357 g/mol. The number of carbonyl (C=O) groups is 1. The van der Waals surface area contributed by atoms with Gasteiger partial charge in [0.15, 0.2) is 17.7 Å². The molecule has 0 aromatic carbocycles. The molecule has 1 saturated carbocycles. The molecule has 0 radical (unpaired) electrons. The maximum atomic E-state index is 12.2. The van der Waals surface area contributed by atoms with Crippen molar-refractivity contribution >= 4 is 18.1 Å². The lowest BCUT2D eigenvalue weighted by molar-refractivity contribution is -0.158. The van der Waals surface area contributed by atoms with E-state index in [1.807, 2.05) is 0 Å². The van der Waals surface area contributed by atoms with Gasteiger partial charge in [-0.2, -0.15) is 10.4 Å². The Morgan fingerprint density at radius 1 is 1.54 bits per heavy atom. The minimum Gasteiger partial charge on any atom is -0.461 e. The lowest BCUT2D eigenvalue weighted by Gasteiger charge is -2.30. The SMILES string of the molecule is C=C/C=C1/C(N)=NC=NN1[C@H]1CC[C@@](C#N)(COC(=O)C2CCCC2)O1. The molecule has 8 heteroatoms. The number of ether oxygens (including phenoxy) is 2. The van der Waals surface area contributed by atoms with Gasteiger partial charge in [-0.25, -0.2) is 10.0 Å². The molecule has 0 spiro atoms. The number of nitriles is 1. The molecule has 0 bridgehead atoms. The van der Waals surface area contributed by atoms with Gasteiger partial charge < -0.3 is 15.2 Å².